The third kappa shape index (κ3) is 11.7. The number of carbonyl (C=O) groups excluding carboxylic acids is 4. The standard InChI is InChI=1S/C38H51N4O11P/c1-5-8-9-10-32(33(6-2)42(25-43)53-38(46)31-12-11-27(19-26(31)4)23-41-15-17-50-18-16-41)36(44)39-24-40-37(45)35-14-13-34(52-35)28-20-29(51-7-3)22-30(21-28)54(47,48)49/h11-14,19-22,25,32-33H,5-10,15-18,23-24H2,1-4H3,(H,39,44)(H,40,45)(H2,47,48,49)/t32-,33-/m1/s1. The van der Waals surface area contributed by atoms with Crippen LogP contribution in [0.5, 0.6) is 5.75 Å². The Kier molecular flexibility index (Phi) is 15.8. The fraction of sp³-hybridized carbons (Fsp3) is 0.474. The molecular weight excluding hydrogens is 719 g/mol. The van der Waals surface area contributed by atoms with Gasteiger partial charge in [0.1, 0.15) is 11.5 Å². The van der Waals surface area contributed by atoms with Crippen LogP contribution in [-0.4, -0.2) is 89.6 Å². The number of morpholine rings is 1. The van der Waals surface area contributed by atoms with Crippen LogP contribution in [0.15, 0.2) is 52.9 Å². The van der Waals surface area contributed by atoms with E-state index in [4.69, 9.17) is 18.7 Å². The van der Waals surface area contributed by atoms with E-state index in [9.17, 15) is 33.5 Å². The number of amides is 3. The van der Waals surface area contributed by atoms with E-state index in [1.165, 1.54) is 30.3 Å². The van der Waals surface area contributed by atoms with E-state index in [0.29, 0.717) is 55.6 Å². The molecule has 2 heterocycles. The molecule has 16 heteroatoms. The van der Waals surface area contributed by atoms with Crippen LogP contribution in [0, 0.1) is 12.8 Å². The van der Waals surface area contributed by atoms with Gasteiger partial charge in [0, 0.05) is 25.2 Å². The maximum Gasteiger partial charge on any atom is 0.363 e. The lowest BCUT2D eigenvalue weighted by Gasteiger charge is -2.32. The zero-order valence-corrected chi connectivity index (χ0v) is 32.1. The lowest BCUT2D eigenvalue weighted by atomic mass is 9.90. The highest BCUT2D eigenvalue weighted by Crippen LogP contribution is 2.37. The molecule has 4 N–H and O–H groups in total. The number of rotatable bonds is 20. The molecule has 1 fully saturated rings. The number of ether oxygens (including phenoxy) is 2. The third-order valence-corrected chi connectivity index (χ3v) is 10.1. The maximum atomic E-state index is 13.6. The van der Waals surface area contributed by atoms with E-state index in [1.807, 2.05) is 26.0 Å². The Morgan fingerprint density at radius 1 is 1.02 bits per heavy atom. The van der Waals surface area contributed by atoms with E-state index in [2.05, 4.69) is 15.5 Å². The first kappa shape index (κ1) is 42.2. The van der Waals surface area contributed by atoms with Gasteiger partial charge in [-0.2, -0.15) is 5.06 Å². The smallest absolute Gasteiger partial charge is 0.363 e. The highest BCUT2D eigenvalue weighted by molar-refractivity contribution is 7.60. The van der Waals surface area contributed by atoms with Crippen molar-refractivity contribution in [3.05, 3.63) is 71.0 Å². The van der Waals surface area contributed by atoms with Crippen molar-refractivity contribution in [1.82, 2.24) is 20.6 Å². The number of hydrogen-bond donors (Lipinski definition) is 4. The zero-order chi connectivity index (χ0) is 39.3. The van der Waals surface area contributed by atoms with E-state index in [0.717, 1.165) is 43.1 Å². The second-order valence-corrected chi connectivity index (χ2v) is 14.6. The second-order valence-electron chi connectivity index (χ2n) is 13.0. The summed E-state index contributed by atoms with van der Waals surface area (Å²) in [6.45, 7) is 11.1. The molecule has 0 saturated carbocycles. The highest BCUT2D eigenvalue weighted by atomic mass is 31.2. The number of aryl methyl sites for hydroxylation is 1. The molecule has 54 heavy (non-hydrogen) atoms. The average Bonchev–Trinajstić information content (AvgIpc) is 3.65. The highest BCUT2D eigenvalue weighted by Gasteiger charge is 2.34. The molecule has 15 nitrogen and oxygen atoms in total. The number of unbranched alkanes of at least 4 members (excludes halogenated alkanes) is 2. The van der Waals surface area contributed by atoms with Gasteiger partial charge in [-0.25, -0.2) is 4.79 Å². The lowest BCUT2D eigenvalue weighted by molar-refractivity contribution is -0.171. The van der Waals surface area contributed by atoms with Gasteiger partial charge in [-0.05, 0) is 74.2 Å². The van der Waals surface area contributed by atoms with Gasteiger partial charge in [0.2, 0.25) is 12.3 Å². The summed E-state index contributed by atoms with van der Waals surface area (Å²) < 4.78 is 28.5. The summed E-state index contributed by atoms with van der Waals surface area (Å²) in [4.78, 5) is 79.6. The van der Waals surface area contributed by atoms with E-state index < -0.39 is 37.3 Å². The fourth-order valence-electron chi connectivity index (χ4n) is 6.33. The Bertz CT molecular complexity index is 1790. The number of furan rings is 1. The van der Waals surface area contributed by atoms with Crippen molar-refractivity contribution >= 4 is 37.1 Å². The first-order valence-electron chi connectivity index (χ1n) is 18.2. The Balaban J connectivity index is 1.40. The monoisotopic (exact) mass is 770 g/mol. The van der Waals surface area contributed by atoms with Gasteiger partial charge in [-0.1, -0.05) is 45.2 Å². The predicted molar refractivity (Wildman–Crippen MR) is 200 cm³/mol. The summed E-state index contributed by atoms with van der Waals surface area (Å²) in [6.07, 6.45) is 3.56. The van der Waals surface area contributed by atoms with Gasteiger partial charge in [0.25, 0.3) is 5.91 Å². The summed E-state index contributed by atoms with van der Waals surface area (Å²) in [5.74, 6) is -2.27. The molecular formula is C38H51N4O11P. The number of nitrogens with zero attached hydrogens (tertiary/aromatic N) is 2. The first-order chi connectivity index (χ1) is 25.9. The van der Waals surface area contributed by atoms with Crippen molar-refractivity contribution in [2.45, 2.75) is 72.4 Å². The number of carbonyl (C=O) groups is 4. The van der Waals surface area contributed by atoms with Crippen LogP contribution in [0.2, 0.25) is 0 Å². The summed E-state index contributed by atoms with van der Waals surface area (Å²) >= 11 is 0. The minimum absolute atomic E-state index is 0.104. The number of hydrogen-bond acceptors (Lipinski definition) is 10. The molecule has 3 amide bonds. The minimum atomic E-state index is -4.61. The lowest BCUT2D eigenvalue weighted by Crippen LogP contribution is -2.49. The molecule has 2 aromatic carbocycles. The quantitative estimate of drug-likeness (QED) is 0.0419. The molecule has 1 saturated heterocycles. The number of nitrogens with one attached hydrogen (secondary N) is 2. The molecule has 0 unspecified atom stereocenters. The van der Waals surface area contributed by atoms with Gasteiger partial charge in [0.05, 0.1) is 49.3 Å². The molecule has 0 bridgehead atoms. The summed E-state index contributed by atoms with van der Waals surface area (Å²) in [5.41, 5.74) is 2.35. The van der Waals surface area contributed by atoms with Crippen molar-refractivity contribution in [3.63, 3.8) is 0 Å². The Hall–Kier alpha value is -4.53. The fourth-order valence-corrected chi connectivity index (χ4v) is 6.93. The molecule has 1 aliphatic rings. The Labute approximate surface area is 315 Å². The summed E-state index contributed by atoms with van der Waals surface area (Å²) in [7, 11) is -4.61. The molecule has 1 aromatic heterocycles. The summed E-state index contributed by atoms with van der Waals surface area (Å²) in [6, 6.07) is 11.6. The van der Waals surface area contributed by atoms with Crippen LogP contribution in [0.25, 0.3) is 11.3 Å². The normalized spacial score (nSPS) is 14.5. The minimum Gasteiger partial charge on any atom is -0.494 e. The predicted octanol–water partition coefficient (Wildman–Crippen LogP) is 4.30. The van der Waals surface area contributed by atoms with Crippen LogP contribution < -0.4 is 20.7 Å². The molecule has 0 spiro atoms. The molecule has 0 aliphatic carbocycles. The van der Waals surface area contributed by atoms with Crippen molar-refractivity contribution < 1.29 is 52.3 Å². The van der Waals surface area contributed by atoms with Gasteiger partial charge in [-0.3, -0.25) is 23.8 Å². The molecule has 1 aliphatic heterocycles. The largest absolute Gasteiger partial charge is 0.494 e. The molecule has 2 atom stereocenters. The average molecular weight is 771 g/mol. The van der Waals surface area contributed by atoms with Crippen molar-refractivity contribution in [2.24, 2.45) is 5.92 Å². The Morgan fingerprint density at radius 3 is 2.43 bits per heavy atom. The van der Waals surface area contributed by atoms with Crippen molar-refractivity contribution in [3.8, 4) is 17.1 Å². The number of benzene rings is 2. The molecule has 294 valence electrons. The van der Waals surface area contributed by atoms with Gasteiger partial charge < -0.3 is 39.1 Å². The van der Waals surface area contributed by atoms with E-state index in [1.54, 1.807) is 19.9 Å². The van der Waals surface area contributed by atoms with E-state index in [-0.39, 0.29) is 35.9 Å². The van der Waals surface area contributed by atoms with Gasteiger partial charge in [-0.15, -0.1) is 0 Å². The van der Waals surface area contributed by atoms with Crippen LogP contribution in [0.1, 0.15) is 84.9 Å². The van der Waals surface area contributed by atoms with E-state index >= 15 is 0 Å². The van der Waals surface area contributed by atoms with Crippen molar-refractivity contribution in [1.29, 1.82) is 0 Å². The van der Waals surface area contributed by atoms with Crippen LogP contribution in [0.3, 0.4) is 0 Å². The third-order valence-electron chi connectivity index (χ3n) is 9.14. The number of hydroxylamine groups is 2. The van der Waals surface area contributed by atoms with Gasteiger partial charge in [0.15, 0.2) is 5.76 Å². The van der Waals surface area contributed by atoms with Crippen LogP contribution in [-0.2, 0) is 30.3 Å². The molecule has 0 radical (unpaired) electrons. The van der Waals surface area contributed by atoms with Gasteiger partial charge >= 0.3 is 13.6 Å². The van der Waals surface area contributed by atoms with Crippen LogP contribution >= 0.6 is 7.60 Å². The second kappa shape index (κ2) is 20.2. The Morgan fingerprint density at radius 2 is 1.78 bits per heavy atom. The zero-order valence-electron chi connectivity index (χ0n) is 31.2. The maximum absolute atomic E-state index is 13.6. The van der Waals surface area contributed by atoms with Crippen LogP contribution in [0.4, 0.5) is 0 Å². The molecule has 4 rings (SSSR count). The topological polar surface area (TPSA) is 197 Å². The summed E-state index contributed by atoms with van der Waals surface area (Å²) in [5, 5.41) is 5.95. The first-order valence-corrected chi connectivity index (χ1v) is 19.8. The SMILES string of the molecule is CCCCC[C@@H](C(=O)NCNC(=O)c1ccc(-c2cc(OCC)cc(P(=O)(O)O)c2)o1)[C@@H](CC)N(C=O)OC(=O)c1ccc(CN2CCOCC2)cc1C. The molecule has 3 aromatic rings. The van der Waals surface area contributed by atoms with Crippen molar-refractivity contribution in [2.75, 3.05) is 39.6 Å².